The molecule has 444 valence electrons. The maximum absolute atomic E-state index is 12.7. The SMILES string of the molecule is COc1ccc([N+](=O)[O-])c([C@@H](OCc2cn([C@H]3CC(O)[C@@H](CO)O3)c(=O)nc2N)C(C)(C)C)c1.COc1ccc([N+](=O)[O-])c([C@@H](OCc2cn([C@H]3CC(O)[C@@H](COP(=O)(O)OP(=O)(O)OP(=O)(O)O)O3)c(=O)nc2N)C(C)(C)C)c1. The van der Waals surface area contributed by atoms with Crippen molar-refractivity contribution in [2.24, 2.45) is 10.8 Å². The highest BCUT2D eigenvalue weighted by Crippen LogP contribution is 2.66. The minimum absolute atomic E-state index is 0.0497. The number of anilines is 2. The zero-order valence-electron chi connectivity index (χ0n) is 44.1. The summed E-state index contributed by atoms with van der Waals surface area (Å²) in [5, 5.41) is 53.2. The second-order valence-corrected chi connectivity index (χ2v) is 24.5. The Kier molecular flexibility index (Phi) is 21.2. The molecule has 2 aliphatic rings. The molecule has 11 N–H and O–H groups in total. The van der Waals surface area contributed by atoms with E-state index in [0.717, 1.165) is 4.57 Å². The van der Waals surface area contributed by atoms with Gasteiger partial charge in [-0.05, 0) is 35.1 Å². The van der Waals surface area contributed by atoms with Gasteiger partial charge in [-0.25, -0.2) is 23.3 Å². The molecule has 80 heavy (non-hydrogen) atoms. The molecule has 0 aliphatic carbocycles. The van der Waals surface area contributed by atoms with Crippen molar-refractivity contribution in [2.45, 2.75) is 117 Å². The Labute approximate surface area is 454 Å². The predicted octanol–water partition coefficient (Wildman–Crippen LogP) is 3.73. The van der Waals surface area contributed by atoms with Gasteiger partial charge in [-0.3, -0.25) is 33.9 Å². The number of benzene rings is 2. The molecule has 2 aromatic carbocycles. The lowest BCUT2D eigenvalue weighted by Gasteiger charge is -2.31. The number of nitrogen functional groups attached to an aromatic ring is 2. The molecule has 4 heterocycles. The number of ether oxygens (including phenoxy) is 6. The molecule has 2 saturated heterocycles. The van der Waals surface area contributed by atoms with Crippen LogP contribution in [0.1, 0.15) is 101 Å². The van der Waals surface area contributed by atoms with E-state index in [2.05, 4.69) is 23.1 Å². The largest absolute Gasteiger partial charge is 0.497 e. The van der Waals surface area contributed by atoms with Gasteiger partial charge in [-0.1, -0.05) is 41.5 Å². The fraction of sp³-hybridized carbons (Fsp3) is 0.545. The third kappa shape index (κ3) is 17.2. The van der Waals surface area contributed by atoms with Crippen molar-refractivity contribution in [3.8, 4) is 11.5 Å². The number of methoxy groups -OCH3 is 2. The van der Waals surface area contributed by atoms with Gasteiger partial charge in [0.05, 0.1) is 86.0 Å². The van der Waals surface area contributed by atoms with Crippen molar-refractivity contribution in [3.05, 3.63) is 112 Å². The van der Waals surface area contributed by atoms with Crippen molar-refractivity contribution < 1.29 is 100 Å². The minimum Gasteiger partial charge on any atom is -0.497 e. The van der Waals surface area contributed by atoms with Gasteiger partial charge in [0.25, 0.3) is 11.4 Å². The molecule has 2 fully saturated rings. The van der Waals surface area contributed by atoms with Crippen molar-refractivity contribution >= 4 is 46.5 Å². The minimum atomic E-state index is -5.77. The van der Waals surface area contributed by atoms with Gasteiger partial charge in [0.2, 0.25) is 0 Å². The summed E-state index contributed by atoms with van der Waals surface area (Å²) < 4.78 is 82.1. The molecule has 0 saturated carbocycles. The van der Waals surface area contributed by atoms with Crippen LogP contribution in [0.5, 0.6) is 11.5 Å². The third-order valence-electron chi connectivity index (χ3n) is 12.0. The molecule has 6 rings (SSSR count). The number of phosphoric acid groups is 3. The molecular formula is C44H63N8O25P3. The molecule has 0 bridgehead atoms. The summed E-state index contributed by atoms with van der Waals surface area (Å²) in [5.74, 6) is 0.527. The molecule has 2 aliphatic heterocycles. The first kappa shape index (κ1) is 65.1. The molecule has 0 spiro atoms. The van der Waals surface area contributed by atoms with Gasteiger partial charge in [-0.2, -0.15) is 18.6 Å². The van der Waals surface area contributed by atoms with Crippen LogP contribution in [0.3, 0.4) is 0 Å². The number of hydrogen-bond donors (Lipinski definition) is 9. The van der Waals surface area contributed by atoms with Crippen LogP contribution in [0.25, 0.3) is 0 Å². The zero-order chi connectivity index (χ0) is 60.0. The maximum Gasteiger partial charge on any atom is 0.490 e. The molecular weight excluding hydrogens is 1130 g/mol. The molecule has 0 radical (unpaired) electrons. The smallest absolute Gasteiger partial charge is 0.490 e. The Hall–Kier alpha value is -5.67. The zero-order valence-corrected chi connectivity index (χ0v) is 46.8. The number of phosphoric ester groups is 1. The third-order valence-corrected chi connectivity index (χ3v) is 15.8. The Morgan fingerprint density at radius 2 is 1.10 bits per heavy atom. The van der Waals surface area contributed by atoms with Crippen LogP contribution < -0.4 is 32.3 Å². The van der Waals surface area contributed by atoms with Crippen molar-refractivity contribution in [1.82, 2.24) is 19.1 Å². The molecule has 4 unspecified atom stereocenters. The van der Waals surface area contributed by atoms with E-state index in [1.807, 2.05) is 20.8 Å². The summed E-state index contributed by atoms with van der Waals surface area (Å²) in [4.78, 5) is 91.3. The number of aliphatic hydroxyl groups excluding tert-OH is 3. The van der Waals surface area contributed by atoms with E-state index >= 15 is 0 Å². The highest BCUT2D eigenvalue weighted by atomic mass is 31.3. The van der Waals surface area contributed by atoms with Crippen molar-refractivity contribution in [1.29, 1.82) is 0 Å². The number of aromatic nitrogens is 4. The van der Waals surface area contributed by atoms with E-state index in [9.17, 15) is 68.6 Å². The normalized spacial score (nSPS) is 21.8. The first-order valence-electron chi connectivity index (χ1n) is 23.7. The van der Waals surface area contributed by atoms with Crippen LogP contribution in [0.4, 0.5) is 23.0 Å². The topological polar surface area (TPSA) is 484 Å². The van der Waals surface area contributed by atoms with Crippen molar-refractivity contribution in [3.63, 3.8) is 0 Å². The number of nitrogens with two attached hydrogens (primary N) is 2. The Bertz CT molecular complexity index is 3150. The van der Waals surface area contributed by atoms with Crippen molar-refractivity contribution in [2.75, 3.05) is 38.9 Å². The van der Waals surface area contributed by atoms with Gasteiger partial charge in [0.1, 0.15) is 47.8 Å². The number of aliphatic hydroxyl groups is 3. The summed E-state index contributed by atoms with van der Waals surface area (Å²) in [6.07, 6.45) is -5.80. The van der Waals surface area contributed by atoms with Gasteiger partial charge in [0.15, 0.2) is 0 Å². The van der Waals surface area contributed by atoms with Crippen LogP contribution in [0.2, 0.25) is 0 Å². The fourth-order valence-corrected chi connectivity index (χ4v) is 11.3. The lowest BCUT2D eigenvalue weighted by atomic mass is 9.83. The van der Waals surface area contributed by atoms with E-state index in [1.54, 1.807) is 26.8 Å². The Balaban J connectivity index is 0.000000307. The highest BCUT2D eigenvalue weighted by molar-refractivity contribution is 7.66. The number of nitrogens with zero attached hydrogens (tertiary/aromatic N) is 6. The second-order valence-electron chi connectivity index (χ2n) is 20.1. The van der Waals surface area contributed by atoms with Crippen LogP contribution >= 0.6 is 23.5 Å². The van der Waals surface area contributed by atoms with Crippen LogP contribution in [0.15, 0.2) is 58.4 Å². The average molecular weight is 1200 g/mol. The standard InChI is InChI=1S/C22H33N4O17P3.C22H30N4O8/c1-22(2,3)19(14-7-13(38-4)5-6-15(14)26(29)30)39-10-12-9-25(21(28)24-20(12)23)18-8-16(27)17(41-18)11-40-45(34,35)43-46(36,37)42-44(31,32)33;1-22(2,3)19(14-7-13(32-4)5-6-15(14)26(30)31)33-11-12-9-25(21(29)24-20(12)23)18-8-16(28)17(10-27)34-18/h5-7,9,16-19,27H,8,10-11H2,1-4H3,(H,34,35)(H,36,37)(H2,23,24,28)(H2,31,32,33);5-7,9,16-19,27-28H,8,10-11H2,1-4H3,(H2,23,24,29)/t2*16?,17-,18-,19-/m11/s1. The lowest BCUT2D eigenvalue weighted by Crippen LogP contribution is -2.30. The summed E-state index contributed by atoms with van der Waals surface area (Å²) >= 11 is 0. The summed E-state index contributed by atoms with van der Waals surface area (Å²) in [6, 6.07) is 8.65. The predicted molar refractivity (Wildman–Crippen MR) is 275 cm³/mol. The summed E-state index contributed by atoms with van der Waals surface area (Å²) in [6.45, 7) is 9.27. The summed E-state index contributed by atoms with van der Waals surface area (Å²) in [7, 11) is -14.0. The molecule has 33 nitrogen and oxygen atoms in total. The highest BCUT2D eigenvalue weighted by Gasteiger charge is 2.44. The van der Waals surface area contributed by atoms with E-state index < -0.39 is 118 Å². The summed E-state index contributed by atoms with van der Waals surface area (Å²) in [5.41, 5.74) is 9.86. The van der Waals surface area contributed by atoms with E-state index in [0.29, 0.717) is 22.6 Å². The van der Waals surface area contributed by atoms with Gasteiger partial charge >= 0.3 is 34.8 Å². The van der Waals surface area contributed by atoms with Gasteiger partial charge in [-0.15, -0.1) is 0 Å². The Morgan fingerprint density at radius 1 is 0.700 bits per heavy atom. The number of hydrogen-bond acceptors (Lipinski definition) is 25. The first-order valence-corrected chi connectivity index (χ1v) is 28.2. The van der Waals surface area contributed by atoms with E-state index in [1.165, 1.54) is 61.5 Å². The quantitative estimate of drug-likeness (QED) is 0.0307. The maximum atomic E-state index is 12.7. The van der Waals surface area contributed by atoms with Crippen LogP contribution in [-0.4, -0.2) is 116 Å². The Morgan fingerprint density at radius 3 is 1.45 bits per heavy atom. The van der Waals surface area contributed by atoms with E-state index in [-0.39, 0.29) is 60.2 Å². The van der Waals surface area contributed by atoms with E-state index in [4.69, 9.17) is 49.7 Å². The fourth-order valence-electron chi connectivity index (χ4n) is 8.27. The molecule has 10 atom stereocenters. The molecule has 36 heteroatoms. The van der Waals surface area contributed by atoms with Crippen LogP contribution in [-0.2, 0) is 59.0 Å². The molecule has 4 aromatic rings. The lowest BCUT2D eigenvalue weighted by molar-refractivity contribution is -0.386. The van der Waals surface area contributed by atoms with Gasteiger partial charge in [0, 0.05) is 48.5 Å². The molecule has 0 amide bonds. The first-order chi connectivity index (χ1) is 37.0. The second kappa shape index (κ2) is 26.1. The number of nitro benzene ring substituents is 2. The number of nitro groups is 2. The number of rotatable bonds is 22. The molecule has 2 aromatic heterocycles. The van der Waals surface area contributed by atoms with Gasteiger partial charge < -0.3 is 74.8 Å². The van der Waals surface area contributed by atoms with Crippen LogP contribution in [0, 0.1) is 31.1 Å². The monoisotopic (exact) mass is 1200 g/mol. The average Bonchev–Trinajstić information content (AvgIpc) is 3.91.